The highest BCUT2D eigenvalue weighted by atomic mass is 32.3. The van der Waals surface area contributed by atoms with Gasteiger partial charge in [0.1, 0.15) is 0 Å². The molecule has 1 aromatic carbocycles. The van der Waals surface area contributed by atoms with Gasteiger partial charge >= 0.3 is 10.1 Å². The molecule has 0 aliphatic carbocycles. The van der Waals surface area contributed by atoms with E-state index in [4.69, 9.17) is 0 Å². The summed E-state index contributed by atoms with van der Waals surface area (Å²) in [6, 6.07) is 0. The van der Waals surface area contributed by atoms with E-state index in [1.54, 1.807) is 0 Å². The van der Waals surface area contributed by atoms with Crippen molar-refractivity contribution >= 4 is 21.5 Å². The fourth-order valence-electron chi connectivity index (χ4n) is 1.25. The molecule has 1 heterocycles. The minimum Gasteiger partial charge on any atom is -0.371 e. The predicted molar refractivity (Wildman–Crippen MR) is 60.9 cm³/mol. The fraction of sp³-hybridized carbons (Fsp3) is 0.100. The van der Waals surface area contributed by atoms with Crippen LogP contribution in [-0.4, -0.2) is 13.4 Å². The lowest BCUT2D eigenvalue weighted by Crippen LogP contribution is -2.14. The van der Waals surface area contributed by atoms with Gasteiger partial charge in [0.15, 0.2) is 0 Å². The number of aryl methyl sites for hydroxylation is 1. The van der Waals surface area contributed by atoms with Crippen LogP contribution in [0.2, 0.25) is 0 Å². The third-order valence-electron chi connectivity index (χ3n) is 2.17. The van der Waals surface area contributed by atoms with Crippen molar-refractivity contribution in [3.05, 3.63) is 40.2 Å². The highest BCUT2D eigenvalue weighted by Crippen LogP contribution is 2.31. The van der Waals surface area contributed by atoms with Crippen LogP contribution in [0.15, 0.2) is 9.72 Å². The van der Waals surface area contributed by atoms with E-state index in [-0.39, 0.29) is 5.69 Å². The molecule has 0 saturated heterocycles. The van der Waals surface area contributed by atoms with Crippen molar-refractivity contribution in [3.8, 4) is 5.75 Å². The molecule has 0 fully saturated rings. The molecule has 0 amide bonds. The van der Waals surface area contributed by atoms with E-state index in [0.717, 1.165) is 0 Å². The van der Waals surface area contributed by atoms with Crippen molar-refractivity contribution in [1.29, 1.82) is 0 Å². The third-order valence-corrected chi connectivity index (χ3v) is 4.73. The van der Waals surface area contributed by atoms with Crippen molar-refractivity contribution in [1.82, 2.24) is 4.98 Å². The van der Waals surface area contributed by atoms with Gasteiger partial charge in [-0.1, -0.05) is 0 Å². The van der Waals surface area contributed by atoms with Crippen LogP contribution in [0.4, 0.5) is 22.0 Å². The van der Waals surface area contributed by atoms with Gasteiger partial charge in [-0.05, 0) is 6.92 Å². The number of halogens is 5. The van der Waals surface area contributed by atoms with Crippen molar-refractivity contribution in [2.75, 3.05) is 0 Å². The van der Waals surface area contributed by atoms with Crippen molar-refractivity contribution in [2.24, 2.45) is 0 Å². The molecular formula is C10H4F5NO3S2. The van der Waals surface area contributed by atoms with Gasteiger partial charge in [0.05, 0.1) is 0 Å². The summed E-state index contributed by atoms with van der Waals surface area (Å²) in [4.78, 5) is 3.50. The van der Waals surface area contributed by atoms with E-state index in [2.05, 4.69) is 9.17 Å². The number of hydrogen-bond donors (Lipinski definition) is 0. The van der Waals surface area contributed by atoms with Crippen LogP contribution < -0.4 is 4.18 Å². The quantitative estimate of drug-likeness (QED) is 0.371. The second-order valence-electron chi connectivity index (χ2n) is 3.69. The number of hydrogen-bond acceptors (Lipinski definition) is 5. The van der Waals surface area contributed by atoms with Gasteiger partial charge in [-0.2, -0.15) is 17.2 Å². The summed E-state index contributed by atoms with van der Waals surface area (Å²) in [6.45, 7) is 1.44. The molecule has 2 aromatic rings. The molecule has 114 valence electrons. The lowest BCUT2D eigenvalue weighted by molar-refractivity contribution is 0.346. The van der Waals surface area contributed by atoms with E-state index in [1.807, 2.05) is 0 Å². The molecule has 0 unspecified atom stereocenters. The van der Waals surface area contributed by atoms with E-state index < -0.39 is 49.3 Å². The van der Waals surface area contributed by atoms with Gasteiger partial charge < -0.3 is 4.18 Å². The van der Waals surface area contributed by atoms with E-state index >= 15 is 0 Å². The molecular weight excluding hydrogens is 341 g/mol. The molecule has 0 aliphatic rings. The first-order chi connectivity index (χ1) is 9.65. The smallest absolute Gasteiger partial charge is 0.367 e. The van der Waals surface area contributed by atoms with Gasteiger partial charge in [0.2, 0.25) is 39.2 Å². The molecule has 0 spiro atoms. The number of nitrogens with zero attached hydrogens (tertiary/aromatic N) is 1. The topological polar surface area (TPSA) is 56.3 Å². The van der Waals surface area contributed by atoms with Crippen LogP contribution in [0.5, 0.6) is 5.75 Å². The molecule has 0 bridgehead atoms. The van der Waals surface area contributed by atoms with Crippen LogP contribution in [0.3, 0.4) is 0 Å². The summed E-state index contributed by atoms with van der Waals surface area (Å²) in [5.74, 6) is -13.7. The molecule has 0 N–H and O–H groups in total. The number of thiazole rings is 1. The molecule has 2 rings (SSSR count). The molecule has 0 saturated carbocycles. The molecule has 0 radical (unpaired) electrons. The van der Waals surface area contributed by atoms with Crippen LogP contribution >= 0.6 is 11.3 Å². The Labute approximate surface area is 118 Å². The SMILES string of the molecule is Cc1csc(S(=O)(=O)Oc2c(F)c(F)c(F)c(F)c2F)n1. The Hall–Kier alpha value is -1.75. The van der Waals surface area contributed by atoms with Gasteiger partial charge in [-0.15, -0.1) is 11.3 Å². The maximum atomic E-state index is 13.3. The number of rotatable bonds is 3. The second-order valence-corrected chi connectivity index (χ2v) is 6.27. The number of benzene rings is 1. The molecule has 0 aliphatic heterocycles. The first-order valence-electron chi connectivity index (χ1n) is 5.03. The van der Waals surface area contributed by atoms with Gasteiger partial charge in [-0.25, -0.2) is 18.2 Å². The summed E-state index contributed by atoms with van der Waals surface area (Å²) < 4.78 is 92.0. The summed E-state index contributed by atoms with van der Waals surface area (Å²) in [7, 11) is -4.81. The monoisotopic (exact) mass is 345 g/mol. The average Bonchev–Trinajstić information content (AvgIpc) is 2.87. The second kappa shape index (κ2) is 5.22. The van der Waals surface area contributed by atoms with E-state index in [1.165, 1.54) is 12.3 Å². The Bertz CT molecular complexity index is 789. The Morgan fingerprint density at radius 3 is 1.90 bits per heavy atom. The van der Waals surface area contributed by atoms with Crippen molar-refractivity contribution in [3.63, 3.8) is 0 Å². The van der Waals surface area contributed by atoms with Gasteiger partial charge in [0.25, 0.3) is 0 Å². The maximum Gasteiger partial charge on any atom is 0.367 e. The zero-order valence-electron chi connectivity index (χ0n) is 9.96. The van der Waals surface area contributed by atoms with Crippen molar-refractivity contribution in [2.45, 2.75) is 11.3 Å². The summed E-state index contributed by atoms with van der Waals surface area (Å²) in [6.07, 6.45) is 0. The molecule has 21 heavy (non-hydrogen) atoms. The number of aromatic nitrogens is 1. The lowest BCUT2D eigenvalue weighted by Gasteiger charge is -2.08. The minimum atomic E-state index is -4.81. The highest BCUT2D eigenvalue weighted by Gasteiger charge is 2.31. The maximum absolute atomic E-state index is 13.3. The Balaban J connectivity index is 2.55. The average molecular weight is 345 g/mol. The molecule has 1 aromatic heterocycles. The van der Waals surface area contributed by atoms with Crippen LogP contribution in [-0.2, 0) is 10.1 Å². The third kappa shape index (κ3) is 2.70. The largest absolute Gasteiger partial charge is 0.371 e. The molecule has 0 atom stereocenters. The van der Waals surface area contributed by atoms with Crippen LogP contribution in [0.25, 0.3) is 0 Å². The normalized spacial score (nSPS) is 11.7. The summed E-state index contributed by atoms with van der Waals surface area (Å²) in [5.41, 5.74) is 0.277. The van der Waals surface area contributed by atoms with Crippen molar-refractivity contribution < 1.29 is 34.6 Å². The Kier molecular flexibility index (Phi) is 3.89. The first-order valence-corrected chi connectivity index (χ1v) is 7.32. The van der Waals surface area contributed by atoms with Crippen LogP contribution in [0, 0.1) is 36.0 Å². The van der Waals surface area contributed by atoms with E-state index in [9.17, 15) is 30.4 Å². The van der Waals surface area contributed by atoms with Gasteiger partial charge in [0, 0.05) is 11.1 Å². The Morgan fingerprint density at radius 2 is 1.48 bits per heavy atom. The van der Waals surface area contributed by atoms with Gasteiger partial charge in [-0.3, -0.25) is 0 Å². The lowest BCUT2D eigenvalue weighted by atomic mass is 10.3. The highest BCUT2D eigenvalue weighted by molar-refractivity contribution is 7.89. The fourth-order valence-corrected chi connectivity index (χ4v) is 3.18. The molecule has 11 heteroatoms. The summed E-state index contributed by atoms with van der Waals surface area (Å²) in [5, 5.41) is 1.30. The first kappa shape index (κ1) is 15.6. The standard InChI is InChI=1S/C10H4F5NO3S2/c1-3-2-20-10(16-3)21(17,18)19-9-7(14)5(12)4(11)6(13)8(9)15/h2H,1H3. The zero-order chi connectivity index (χ0) is 15.9. The van der Waals surface area contributed by atoms with E-state index in [0.29, 0.717) is 11.3 Å². The molecule has 4 nitrogen and oxygen atoms in total. The zero-order valence-corrected chi connectivity index (χ0v) is 11.6. The predicted octanol–water partition coefficient (Wildman–Crippen LogP) is 2.91. The summed E-state index contributed by atoms with van der Waals surface area (Å²) >= 11 is 0.568. The minimum absolute atomic E-state index is 0.277. The van der Waals surface area contributed by atoms with Crippen LogP contribution in [0.1, 0.15) is 5.69 Å². The Morgan fingerprint density at radius 1 is 1.00 bits per heavy atom.